The molecule has 3 aromatic rings. The number of anilines is 2. The van der Waals surface area contributed by atoms with Gasteiger partial charge in [-0.1, -0.05) is 12.0 Å². The number of imidazole rings is 1. The van der Waals surface area contributed by atoms with Crippen LogP contribution in [0.15, 0.2) is 41.3 Å². The summed E-state index contributed by atoms with van der Waals surface area (Å²) in [5, 5.41) is 11.8. The van der Waals surface area contributed by atoms with Crippen LogP contribution in [0.25, 0.3) is 11.0 Å². The second-order valence-corrected chi connectivity index (χ2v) is 14.4. The summed E-state index contributed by atoms with van der Waals surface area (Å²) < 4.78 is 76.4. The van der Waals surface area contributed by atoms with Gasteiger partial charge in [0.2, 0.25) is 10.0 Å². The molecule has 4 N–H and O–H groups in total. The van der Waals surface area contributed by atoms with Gasteiger partial charge in [-0.05, 0) is 93.6 Å². The summed E-state index contributed by atoms with van der Waals surface area (Å²) in [7, 11) is -2.54. The first-order valence-corrected chi connectivity index (χ1v) is 17.6. The Hall–Kier alpha value is -3.51. The lowest BCUT2D eigenvalue weighted by Crippen LogP contribution is -2.47. The van der Waals surface area contributed by atoms with Crippen LogP contribution in [0.2, 0.25) is 0 Å². The first-order chi connectivity index (χ1) is 22.4. The number of rotatable bonds is 8. The molecule has 3 fully saturated rings. The van der Waals surface area contributed by atoms with Crippen molar-refractivity contribution in [3.63, 3.8) is 0 Å². The van der Waals surface area contributed by atoms with Crippen molar-refractivity contribution in [2.45, 2.75) is 74.6 Å². The number of hydrogen-bond donors (Lipinski definition) is 3. The maximum atomic E-state index is 13.7. The number of fused-ring (bicyclic) bond motifs is 1. The van der Waals surface area contributed by atoms with Crippen LogP contribution in [0, 0.1) is 17.3 Å². The Morgan fingerprint density at radius 2 is 1.87 bits per heavy atom. The number of benzene rings is 2. The van der Waals surface area contributed by atoms with Crippen LogP contribution in [0.3, 0.4) is 0 Å². The van der Waals surface area contributed by atoms with Crippen molar-refractivity contribution in [2.75, 3.05) is 50.6 Å². The first kappa shape index (κ1) is 33.4. The van der Waals surface area contributed by atoms with E-state index in [0.717, 1.165) is 56.6 Å². The average molecular weight is 675 g/mol. The van der Waals surface area contributed by atoms with Crippen LogP contribution in [0.5, 0.6) is 5.75 Å². The summed E-state index contributed by atoms with van der Waals surface area (Å²) in [5.74, 6) is 5.88. The minimum Gasteiger partial charge on any atom is -0.495 e. The second-order valence-electron chi connectivity index (χ2n) is 12.9. The Balaban J connectivity index is 1.13. The zero-order chi connectivity index (χ0) is 33.2. The third-order valence-corrected chi connectivity index (χ3v) is 10.7. The number of ether oxygens (including phenoxy) is 2. The van der Waals surface area contributed by atoms with Crippen LogP contribution >= 0.6 is 0 Å². The second kappa shape index (κ2) is 13.5. The number of nitrogens with one attached hydrogen (secondary N) is 2. The molecule has 1 aliphatic carbocycles. The molecule has 254 valence electrons. The number of para-hydroxylation sites is 1. The Morgan fingerprint density at radius 1 is 1.11 bits per heavy atom. The lowest BCUT2D eigenvalue weighted by atomic mass is 9.77. The Bertz CT molecular complexity index is 1740. The van der Waals surface area contributed by atoms with Gasteiger partial charge in [-0.15, -0.1) is 0 Å². The highest BCUT2D eigenvalue weighted by Crippen LogP contribution is 2.41. The third-order valence-electron chi connectivity index (χ3n) is 9.80. The predicted octanol–water partition coefficient (Wildman–Crippen LogP) is 4.94. The molecule has 0 radical (unpaired) electrons. The molecule has 2 aliphatic heterocycles. The van der Waals surface area contributed by atoms with E-state index >= 15 is 0 Å². The highest BCUT2D eigenvalue weighted by atomic mass is 32.2. The van der Waals surface area contributed by atoms with Crippen LogP contribution in [-0.2, 0) is 21.3 Å². The summed E-state index contributed by atoms with van der Waals surface area (Å²) in [6, 6.07) is 10.1. The molecule has 14 heteroatoms. The molecular formula is C33H41F3N6O4S. The van der Waals surface area contributed by atoms with Gasteiger partial charge in [0.05, 0.1) is 42.0 Å². The smallest absolute Gasteiger partial charge is 0.406 e. The van der Waals surface area contributed by atoms with Crippen molar-refractivity contribution in [1.82, 2.24) is 14.5 Å². The molecule has 0 bridgehead atoms. The zero-order valence-electron chi connectivity index (χ0n) is 26.4. The summed E-state index contributed by atoms with van der Waals surface area (Å²) in [6.07, 6.45) is 3.25. The van der Waals surface area contributed by atoms with Crippen molar-refractivity contribution in [1.29, 1.82) is 0 Å². The molecule has 47 heavy (non-hydrogen) atoms. The minimum atomic E-state index is -4.47. The van der Waals surface area contributed by atoms with Crippen LogP contribution in [0.1, 0.15) is 50.8 Å². The molecule has 0 atom stereocenters. The van der Waals surface area contributed by atoms with E-state index in [1.165, 1.54) is 44.6 Å². The number of halogens is 3. The SMILES string of the molecule is COc1cc(S(N)(=O)=O)ccc1NCC#Cc1nc2c(N[C@H]3CC[C@@H](N4CCC5(CCOC5)CC4)CC3)cccc2n1CC(F)(F)F. The Morgan fingerprint density at radius 3 is 2.53 bits per heavy atom. The number of piperidine rings is 1. The molecule has 6 rings (SSSR count). The fraction of sp³-hybridized carbons (Fsp3) is 0.545. The molecule has 2 aromatic carbocycles. The van der Waals surface area contributed by atoms with Gasteiger partial charge in [0.1, 0.15) is 17.8 Å². The van der Waals surface area contributed by atoms with E-state index in [0.29, 0.717) is 33.9 Å². The standard InChI is InChI=1S/C33H41F3N6O4S/c1-45-29-20-25(47(37,43)44)11-12-26(29)38-16-3-6-30-40-31-27(4-2-5-28(31)42(30)21-33(34,35)36)39-23-7-9-24(10-8-23)41-17-13-32(14-18-41)15-19-46-22-32/h2,4-5,11-12,20,23-24,38-39H,7-10,13-19,21-22H2,1H3,(H2,37,43,44)/t23-,24+. The van der Waals surface area contributed by atoms with Crippen LogP contribution < -0.4 is 20.5 Å². The molecule has 0 amide bonds. The predicted molar refractivity (Wildman–Crippen MR) is 174 cm³/mol. The molecule has 3 aliphatic rings. The molecule has 3 heterocycles. The van der Waals surface area contributed by atoms with Crippen LogP contribution in [0.4, 0.5) is 24.5 Å². The molecule has 1 spiro atoms. The van der Waals surface area contributed by atoms with Crippen molar-refractivity contribution >= 4 is 32.4 Å². The summed E-state index contributed by atoms with van der Waals surface area (Å²) in [6.45, 7) is 2.86. The molecule has 10 nitrogen and oxygen atoms in total. The fourth-order valence-electron chi connectivity index (χ4n) is 7.17. The quantitative estimate of drug-likeness (QED) is 0.287. The molecular weight excluding hydrogens is 633 g/mol. The van der Waals surface area contributed by atoms with Gasteiger partial charge in [-0.2, -0.15) is 13.2 Å². The zero-order valence-corrected chi connectivity index (χ0v) is 27.2. The maximum Gasteiger partial charge on any atom is 0.406 e. The van der Waals surface area contributed by atoms with Gasteiger partial charge in [0.25, 0.3) is 0 Å². The number of alkyl halides is 3. The van der Waals surface area contributed by atoms with Crippen molar-refractivity contribution in [3.05, 3.63) is 42.2 Å². The van der Waals surface area contributed by atoms with Crippen LogP contribution in [-0.4, -0.2) is 81.1 Å². The number of methoxy groups -OCH3 is 1. The lowest BCUT2D eigenvalue weighted by molar-refractivity contribution is -0.140. The number of aromatic nitrogens is 2. The number of hydrogen-bond acceptors (Lipinski definition) is 8. The normalized spacial score (nSPS) is 21.8. The highest BCUT2D eigenvalue weighted by Gasteiger charge is 2.40. The van der Waals surface area contributed by atoms with Gasteiger partial charge in [-0.3, -0.25) is 0 Å². The monoisotopic (exact) mass is 674 g/mol. The van der Waals surface area contributed by atoms with Gasteiger partial charge in [-0.25, -0.2) is 18.5 Å². The Labute approximate surface area is 273 Å². The number of nitrogens with zero attached hydrogens (tertiary/aromatic N) is 3. The van der Waals surface area contributed by atoms with Crippen molar-refractivity contribution in [2.24, 2.45) is 10.6 Å². The third kappa shape index (κ3) is 7.80. The van der Waals surface area contributed by atoms with Crippen molar-refractivity contribution < 1.29 is 31.1 Å². The van der Waals surface area contributed by atoms with E-state index in [9.17, 15) is 21.6 Å². The molecule has 0 unspecified atom stereocenters. The van der Waals surface area contributed by atoms with E-state index in [1.54, 1.807) is 12.1 Å². The van der Waals surface area contributed by atoms with E-state index in [2.05, 4.69) is 32.4 Å². The molecule has 1 saturated carbocycles. The number of likely N-dealkylation sites (tertiary alicyclic amines) is 1. The Kier molecular flexibility index (Phi) is 9.62. The minimum absolute atomic E-state index is 0.00385. The maximum absolute atomic E-state index is 13.7. The summed E-state index contributed by atoms with van der Waals surface area (Å²) in [5.41, 5.74) is 2.36. The van der Waals surface area contributed by atoms with Gasteiger partial charge in [0.15, 0.2) is 5.82 Å². The first-order valence-electron chi connectivity index (χ1n) is 16.0. The highest BCUT2D eigenvalue weighted by molar-refractivity contribution is 7.89. The van der Waals surface area contributed by atoms with E-state index in [1.807, 2.05) is 6.07 Å². The van der Waals surface area contributed by atoms with Crippen molar-refractivity contribution in [3.8, 4) is 17.6 Å². The molecule has 1 aromatic heterocycles. The van der Waals surface area contributed by atoms with E-state index < -0.39 is 22.7 Å². The lowest BCUT2D eigenvalue weighted by Gasteiger charge is -2.44. The van der Waals surface area contributed by atoms with Gasteiger partial charge < -0.3 is 29.6 Å². The van der Waals surface area contributed by atoms with E-state index in [4.69, 9.17) is 14.6 Å². The largest absolute Gasteiger partial charge is 0.495 e. The number of primary sulfonamides is 1. The average Bonchev–Trinajstić information content (AvgIpc) is 3.63. The topological polar surface area (TPSA) is 124 Å². The summed E-state index contributed by atoms with van der Waals surface area (Å²) >= 11 is 0. The van der Waals surface area contributed by atoms with Gasteiger partial charge in [0, 0.05) is 24.8 Å². The number of sulfonamides is 1. The van der Waals surface area contributed by atoms with Gasteiger partial charge >= 0.3 is 6.18 Å². The van der Waals surface area contributed by atoms with E-state index in [-0.39, 0.29) is 29.1 Å². The molecule has 2 saturated heterocycles. The number of nitrogens with two attached hydrogens (primary N) is 1. The summed E-state index contributed by atoms with van der Waals surface area (Å²) in [4.78, 5) is 7.11. The fourth-order valence-corrected chi connectivity index (χ4v) is 7.70.